The van der Waals surface area contributed by atoms with E-state index in [0.717, 1.165) is 11.1 Å². The van der Waals surface area contributed by atoms with E-state index in [1.54, 1.807) is 12.1 Å². The molecule has 0 amide bonds. The lowest BCUT2D eigenvalue weighted by Crippen LogP contribution is -2.47. The SMILES string of the molecule is C[C@@H](NC(=S)NNS(=O)(=O)c1ccc(C(C)(C)C)cc1)c1ccccc1. The first-order valence-electron chi connectivity index (χ1n) is 8.33. The van der Waals surface area contributed by atoms with Crippen LogP contribution in [0.25, 0.3) is 0 Å². The molecule has 2 rings (SSSR count). The lowest BCUT2D eigenvalue weighted by atomic mass is 9.87. The van der Waals surface area contributed by atoms with Crippen molar-refractivity contribution in [3.63, 3.8) is 0 Å². The molecule has 2 aromatic rings. The van der Waals surface area contributed by atoms with E-state index in [1.165, 1.54) is 0 Å². The average Bonchev–Trinajstić information content (AvgIpc) is 2.60. The van der Waals surface area contributed by atoms with Crippen LogP contribution in [0.2, 0.25) is 0 Å². The minimum absolute atomic E-state index is 0.0347. The Hall–Kier alpha value is -1.96. The molecule has 0 fully saturated rings. The molecule has 0 radical (unpaired) electrons. The summed E-state index contributed by atoms with van der Waals surface area (Å²) in [5.41, 5.74) is 4.64. The van der Waals surface area contributed by atoms with Gasteiger partial charge in [0.25, 0.3) is 10.0 Å². The molecule has 0 spiro atoms. The van der Waals surface area contributed by atoms with Gasteiger partial charge < -0.3 is 5.32 Å². The number of hydrazine groups is 1. The minimum Gasteiger partial charge on any atom is -0.355 e. The summed E-state index contributed by atoms with van der Waals surface area (Å²) in [6.07, 6.45) is 0. The number of benzene rings is 2. The van der Waals surface area contributed by atoms with E-state index in [2.05, 4.69) is 36.3 Å². The van der Waals surface area contributed by atoms with E-state index in [4.69, 9.17) is 12.2 Å². The zero-order chi connectivity index (χ0) is 19.4. The lowest BCUT2D eigenvalue weighted by molar-refractivity contribution is 0.573. The molecule has 140 valence electrons. The van der Waals surface area contributed by atoms with Crippen molar-refractivity contribution in [2.24, 2.45) is 0 Å². The molecular formula is C19H25N3O2S2. The Kier molecular flexibility index (Phi) is 6.39. The monoisotopic (exact) mass is 391 g/mol. The number of sulfonamides is 1. The van der Waals surface area contributed by atoms with Gasteiger partial charge in [-0.05, 0) is 47.8 Å². The summed E-state index contributed by atoms with van der Waals surface area (Å²) in [6.45, 7) is 8.18. The number of rotatable bonds is 5. The van der Waals surface area contributed by atoms with Crippen LogP contribution in [-0.4, -0.2) is 13.5 Å². The fourth-order valence-electron chi connectivity index (χ4n) is 2.36. The molecule has 7 heteroatoms. The van der Waals surface area contributed by atoms with Gasteiger partial charge in [-0.3, -0.25) is 5.43 Å². The Balaban J connectivity index is 1.96. The first-order chi connectivity index (χ1) is 12.1. The second-order valence-corrected chi connectivity index (χ2v) is 9.20. The maximum atomic E-state index is 12.4. The van der Waals surface area contributed by atoms with Crippen molar-refractivity contribution in [2.75, 3.05) is 0 Å². The number of nitrogens with one attached hydrogen (secondary N) is 3. The smallest absolute Gasteiger partial charge is 0.257 e. The standard InChI is InChI=1S/C19H25N3O2S2/c1-14(15-8-6-5-7-9-15)20-18(25)21-22-26(23,24)17-12-10-16(11-13-17)19(2,3)4/h5-14,22H,1-4H3,(H2,20,21,25)/t14-/m1/s1. The summed E-state index contributed by atoms with van der Waals surface area (Å²) in [6, 6.07) is 16.5. The highest BCUT2D eigenvalue weighted by Crippen LogP contribution is 2.23. The van der Waals surface area contributed by atoms with Crippen molar-refractivity contribution >= 4 is 27.4 Å². The van der Waals surface area contributed by atoms with Crippen LogP contribution in [0.1, 0.15) is 44.9 Å². The molecule has 0 saturated heterocycles. The minimum atomic E-state index is -3.71. The maximum Gasteiger partial charge on any atom is 0.257 e. The van der Waals surface area contributed by atoms with Gasteiger partial charge in [-0.1, -0.05) is 63.2 Å². The summed E-state index contributed by atoms with van der Waals surface area (Å²) < 4.78 is 24.8. The van der Waals surface area contributed by atoms with E-state index in [1.807, 2.05) is 49.4 Å². The largest absolute Gasteiger partial charge is 0.355 e. The summed E-state index contributed by atoms with van der Waals surface area (Å²) in [7, 11) is -3.71. The van der Waals surface area contributed by atoms with Crippen molar-refractivity contribution < 1.29 is 8.42 Å². The van der Waals surface area contributed by atoms with Crippen LogP contribution in [0, 0.1) is 0 Å². The molecule has 0 aromatic heterocycles. The van der Waals surface area contributed by atoms with Crippen LogP contribution in [-0.2, 0) is 15.4 Å². The second kappa shape index (κ2) is 8.16. The summed E-state index contributed by atoms with van der Waals surface area (Å²) in [5.74, 6) is 0. The van der Waals surface area contributed by atoms with Gasteiger partial charge in [-0.25, -0.2) is 8.42 Å². The Labute approximate surface area is 161 Å². The van der Waals surface area contributed by atoms with Gasteiger partial charge in [0, 0.05) is 0 Å². The normalized spacial score (nSPS) is 13.1. The van der Waals surface area contributed by atoms with Crippen LogP contribution in [0.15, 0.2) is 59.5 Å². The number of hydrogen-bond donors (Lipinski definition) is 3. The quantitative estimate of drug-likeness (QED) is 0.538. The highest BCUT2D eigenvalue weighted by Gasteiger charge is 2.18. The van der Waals surface area contributed by atoms with Gasteiger partial charge in [-0.2, -0.15) is 0 Å². The van der Waals surface area contributed by atoms with E-state index in [-0.39, 0.29) is 21.5 Å². The summed E-state index contributed by atoms with van der Waals surface area (Å²) in [4.78, 5) is 2.49. The third kappa shape index (κ3) is 5.52. The van der Waals surface area contributed by atoms with Crippen LogP contribution < -0.4 is 15.6 Å². The zero-order valence-corrected chi connectivity index (χ0v) is 17.0. The maximum absolute atomic E-state index is 12.4. The van der Waals surface area contributed by atoms with E-state index < -0.39 is 10.0 Å². The molecule has 2 aromatic carbocycles. The summed E-state index contributed by atoms with van der Waals surface area (Å²) >= 11 is 5.17. The topological polar surface area (TPSA) is 70.2 Å². The van der Waals surface area contributed by atoms with E-state index in [9.17, 15) is 8.42 Å². The molecule has 0 bridgehead atoms. The third-order valence-corrected chi connectivity index (χ3v) is 5.46. The summed E-state index contributed by atoms with van der Waals surface area (Å²) in [5, 5.41) is 3.25. The Morgan fingerprint density at radius 1 is 1.00 bits per heavy atom. The van der Waals surface area contributed by atoms with Crippen molar-refractivity contribution in [1.82, 2.24) is 15.6 Å². The van der Waals surface area contributed by atoms with Gasteiger partial charge in [0.2, 0.25) is 0 Å². The van der Waals surface area contributed by atoms with Crippen molar-refractivity contribution in [1.29, 1.82) is 0 Å². The van der Waals surface area contributed by atoms with Gasteiger partial charge in [0.1, 0.15) is 0 Å². The molecule has 0 unspecified atom stereocenters. The van der Waals surface area contributed by atoms with Gasteiger partial charge in [-0.15, -0.1) is 4.83 Å². The molecule has 0 saturated carbocycles. The predicted molar refractivity (Wildman–Crippen MR) is 109 cm³/mol. The first kappa shape index (κ1) is 20.4. The lowest BCUT2D eigenvalue weighted by Gasteiger charge is -2.20. The van der Waals surface area contributed by atoms with Crippen molar-refractivity contribution in [3.05, 3.63) is 65.7 Å². The number of thiocarbonyl (C=S) groups is 1. The highest BCUT2D eigenvalue weighted by atomic mass is 32.2. The molecular weight excluding hydrogens is 366 g/mol. The third-order valence-electron chi connectivity index (χ3n) is 3.98. The molecule has 5 nitrogen and oxygen atoms in total. The van der Waals surface area contributed by atoms with Crippen LogP contribution in [0.4, 0.5) is 0 Å². The Morgan fingerprint density at radius 2 is 1.58 bits per heavy atom. The first-order valence-corrected chi connectivity index (χ1v) is 10.2. The highest BCUT2D eigenvalue weighted by molar-refractivity contribution is 7.89. The molecule has 0 aliphatic heterocycles. The molecule has 0 aliphatic carbocycles. The van der Waals surface area contributed by atoms with Gasteiger partial charge in [0.15, 0.2) is 5.11 Å². The van der Waals surface area contributed by atoms with E-state index in [0.29, 0.717) is 0 Å². The number of hydrogen-bond acceptors (Lipinski definition) is 3. The van der Waals surface area contributed by atoms with Crippen LogP contribution in [0.5, 0.6) is 0 Å². The Morgan fingerprint density at radius 3 is 2.12 bits per heavy atom. The average molecular weight is 392 g/mol. The zero-order valence-electron chi connectivity index (χ0n) is 15.4. The molecule has 0 heterocycles. The fourth-order valence-corrected chi connectivity index (χ4v) is 3.51. The predicted octanol–water partition coefficient (Wildman–Crippen LogP) is 3.40. The van der Waals surface area contributed by atoms with Crippen molar-refractivity contribution in [2.45, 2.75) is 44.0 Å². The van der Waals surface area contributed by atoms with Crippen molar-refractivity contribution in [3.8, 4) is 0 Å². The van der Waals surface area contributed by atoms with Gasteiger partial charge in [0.05, 0.1) is 10.9 Å². The molecule has 1 atom stereocenters. The fraction of sp³-hybridized carbons (Fsp3) is 0.316. The Bertz CT molecular complexity index is 843. The molecule has 26 heavy (non-hydrogen) atoms. The molecule has 0 aliphatic rings. The van der Waals surface area contributed by atoms with Crippen LogP contribution in [0.3, 0.4) is 0 Å². The second-order valence-electron chi connectivity index (χ2n) is 7.11. The van der Waals surface area contributed by atoms with E-state index >= 15 is 0 Å². The van der Waals surface area contributed by atoms with Gasteiger partial charge >= 0.3 is 0 Å². The molecule has 3 N–H and O–H groups in total. The van der Waals surface area contributed by atoms with Crippen LogP contribution >= 0.6 is 12.2 Å².